The zero-order valence-corrected chi connectivity index (χ0v) is 10.6. The molecule has 84 valence electrons. The molecule has 3 unspecified atom stereocenters. The molecule has 0 amide bonds. The minimum atomic E-state index is 0.336. The van der Waals surface area contributed by atoms with Gasteiger partial charge in [0.15, 0.2) is 0 Å². The van der Waals surface area contributed by atoms with Crippen LogP contribution in [0.15, 0.2) is 11.4 Å². The van der Waals surface area contributed by atoms with Gasteiger partial charge in [0.25, 0.3) is 0 Å². The summed E-state index contributed by atoms with van der Waals surface area (Å²) in [6.07, 6.45) is 1.49. The Labute approximate surface area is 99.6 Å². The van der Waals surface area contributed by atoms with Crippen molar-refractivity contribution < 1.29 is 4.74 Å². The summed E-state index contributed by atoms with van der Waals surface area (Å²) in [5.74, 6) is 0.543. The SMILES string of the molecule is CNC(c1sccc1Cl)C1COC(C)C1. The molecular weight excluding hydrogens is 230 g/mol. The van der Waals surface area contributed by atoms with Gasteiger partial charge in [-0.05, 0) is 31.8 Å². The maximum absolute atomic E-state index is 6.16. The van der Waals surface area contributed by atoms with Gasteiger partial charge >= 0.3 is 0 Å². The molecule has 0 aliphatic carbocycles. The van der Waals surface area contributed by atoms with Crippen LogP contribution in [-0.4, -0.2) is 19.8 Å². The van der Waals surface area contributed by atoms with Crippen LogP contribution in [0.25, 0.3) is 0 Å². The summed E-state index contributed by atoms with van der Waals surface area (Å²) in [6.45, 7) is 2.96. The van der Waals surface area contributed by atoms with Crippen molar-refractivity contribution >= 4 is 22.9 Å². The fourth-order valence-corrected chi connectivity index (χ4v) is 3.57. The summed E-state index contributed by atoms with van der Waals surface area (Å²) in [4.78, 5) is 1.24. The van der Waals surface area contributed by atoms with Crippen LogP contribution < -0.4 is 5.32 Å². The number of nitrogens with one attached hydrogen (secondary N) is 1. The quantitative estimate of drug-likeness (QED) is 0.884. The van der Waals surface area contributed by atoms with E-state index in [2.05, 4.69) is 12.2 Å². The predicted molar refractivity (Wildman–Crippen MR) is 64.7 cm³/mol. The number of halogens is 1. The molecule has 2 rings (SSSR count). The lowest BCUT2D eigenvalue weighted by Crippen LogP contribution is -2.25. The Kier molecular flexibility index (Phi) is 3.67. The molecular formula is C11H16ClNOS. The highest BCUT2D eigenvalue weighted by Gasteiger charge is 2.31. The van der Waals surface area contributed by atoms with E-state index in [0.29, 0.717) is 18.1 Å². The minimum absolute atomic E-state index is 0.336. The Morgan fingerprint density at radius 3 is 2.93 bits per heavy atom. The molecule has 1 N–H and O–H groups in total. The minimum Gasteiger partial charge on any atom is -0.378 e. The molecule has 2 nitrogen and oxygen atoms in total. The number of hydrogen-bond donors (Lipinski definition) is 1. The number of hydrogen-bond acceptors (Lipinski definition) is 3. The van der Waals surface area contributed by atoms with Gasteiger partial charge in [-0.1, -0.05) is 11.6 Å². The number of rotatable bonds is 3. The second-order valence-corrected chi connectivity index (χ2v) is 5.39. The molecule has 4 heteroatoms. The third-order valence-electron chi connectivity index (χ3n) is 2.94. The van der Waals surface area contributed by atoms with Crippen LogP contribution in [-0.2, 0) is 4.74 Å². The van der Waals surface area contributed by atoms with E-state index in [0.717, 1.165) is 18.1 Å². The predicted octanol–water partition coefficient (Wildman–Crippen LogP) is 3.09. The maximum atomic E-state index is 6.16. The van der Waals surface area contributed by atoms with Crippen molar-refractivity contribution in [3.8, 4) is 0 Å². The largest absolute Gasteiger partial charge is 0.378 e. The van der Waals surface area contributed by atoms with Gasteiger partial charge in [0.2, 0.25) is 0 Å². The molecule has 1 saturated heterocycles. The summed E-state index contributed by atoms with van der Waals surface area (Å²) in [5.41, 5.74) is 0. The van der Waals surface area contributed by atoms with Gasteiger partial charge in [-0.2, -0.15) is 0 Å². The van der Waals surface area contributed by atoms with Gasteiger partial charge in [-0.3, -0.25) is 0 Å². The lowest BCUT2D eigenvalue weighted by Gasteiger charge is -2.21. The van der Waals surface area contributed by atoms with E-state index in [1.165, 1.54) is 4.88 Å². The number of thiophene rings is 1. The van der Waals surface area contributed by atoms with Gasteiger partial charge < -0.3 is 10.1 Å². The molecule has 1 aliphatic heterocycles. The first-order chi connectivity index (χ1) is 7.22. The summed E-state index contributed by atoms with van der Waals surface area (Å²) in [7, 11) is 1.99. The van der Waals surface area contributed by atoms with Gasteiger partial charge in [0.05, 0.1) is 17.7 Å². The molecule has 1 aromatic rings. The first kappa shape index (κ1) is 11.4. The van der Waals surface area contributed by atoms with Crippen LogP contribution in [0.5, 0.6) is 0 Å². The fraction of sp³-hybridized carbons (Fsp3) is 0.636. The Bertz CT molecular complexity index is 328. The van der Waals surface area contributed by atoms with E-state index in [4.69, 9.17) is 16.3 Å². The number of ether oxygens (including phenoxy) is 1. The Morgan fingerprint density at radius 2 is 2.47 bits per heavy atom. The third-order valence-corrected chi connectivity index (χ3v) is 4.38. The lowest BCUT2D eigenvalue weighted by molar-refractivity contribution is 0.117. The molecule has 0 saturated carbocycles. The highest BCUT2D eigenvalue weighted by atomic mass is 35.5. The van der Waals surface area contributed by atoms with Crippen LogP contribution in [0, 0.1) is 5.92 Å². The second kappa shape index (κ2) is 4.83. The van der Waals surface area contributed by atoms with E-state index >= 15 is 0 Å². The first-order valence-corrected chi connectivity index (χ1v) is 6.50. The maximum Gasteiger partial charge on any atom is 0.0561 e. The summed E-state index contributed by atoms with van der Waals surface area (Å²) in [5, 5.41) is 6.27. The molecule has 3 atom stereocenters. The standard InChI is InChI=1S/C11H16ClNOS/c1-7-5-8(6-14-7)10(13-2)11-9(12)3-4-15-11/h3-4,7-8,10,13H,5-6H2,1-2H3. The average molecular weight is 246 g/mol. The zero-order valence-electron chi connectivity index (χ0n) is 9.00. The van der Waals surface area contributed by atoms with Crippen LogP contribution >= 0.6 is 22.9 Å². The van der Waals surface area contributed by atoms with Crippen LogP contribution in [0.1, 0.15) is 24.3 Å². The van der Waals surface area contributed by atoms with E-state index in [1.807, 2.05) is 18.5 Å². The average Bonchev–Trinajstić information content (AvgIpc) is 2.79. The van der Waals surface area contributed by atoms with Crippen LogP contribution in [0.3, 0.4) is 0 Å². The summed E-state index contributed by atoms with van der Waals surface area (Å²) in [6, 6.07) is 2.30. The van der Waals surface area contributed by atoms with Gasteiger partial charge in [-0.25, -0.2) is 0 Å². The molecule has 15 heavy (non-hydrogen) atoms. The highest BCUT2D eigenvalue weighted by Crippen LogP contribution is 2.37. The van der Waals surface area contributed by atoms with Crippen molar-refractivity contribution in [1.82, 2.24) is 5.32 Å². The van der Waals surface area contributed by atoms with Crippen molar-refractivity contribution in [3.63, 3.8) is 0 Å². The van der Waals surface area contributed by atoms with Gasteiger partial charge in [-0.15, -0.1) is 11.3 Å². The van der Waals surface area contributed by atoms with Crippen molar-refractivity contribution in [1.29, 1.82) is 0 Å². The molecule has 2 heterocycles. The molecule has 0 aromatic carbocycles. The molecule has 1 aliphatic rings. The highest BCUT2D eigenvalue weighted by molar-refractivity contribution is 7.10. The van der Waals surface area contributed by atoms with Crippen LogP contribution in [0.4, 0.5) is 0 Å². The van der Waals surface area contributed by atoms with E-state index in [1.54, 1.807) is 11.3 Å². The topological polar surface area (TPSA) is 21.3 Å². The molecule has 0 spiro atoms. The zero-order chi connectivity index (χ0) is 10.8. The fourth-order valence-electron chi connectivity index (χ4n) is 2.19. The monoisotopic (exact) mass is 245 g/mol. The second-order valence-electron chi connectivity index (χ2n) is 4.04. The molecule has 0 bridgehead atoms. The normalized spacial score (nSPS) is 28.2. The van der Waals surface area contributed by atoms with E-state index in [9.17, 15) is 0 Å². The Morgan fingerprint density at radius 1 is 1.67 bits per heavy atom. The smallest absolute Gasteiger partial charge is 0.0561 e. The van der Waals surface area contributed by atoms with Crippen molar-refractivity contribution in [2.24, 2.45) is 5.92 Å². The molecule has 0 radical (unpaired) electrons. The van der Waals surface area contributed by atoms with Crippen molar-refractivity contribution in [2.45, 2.75) is 25.5 Å². The third kappa shape index (κ3) is 2.36. The van der Waals surface area contributed by atoms with Gasteiger partial charge in [0.1, 0.15) is 0 Å². The van der Waals surface area contributed by atoms with E-state index < -0.39 is 0 Å². The first-order valence-electron chi connectivity index (χ1n) is 5.24. The Hall–Kier alpha value is -0.0900. The van der Waals surface area contributed by atoms with Crippen LogP contribution in [0.2, 0.25) is 5.02 Å². The summed E-state index contributed by atoms with van der Waals surface area (Å²) >= 11 is 7.88. The summed E-state index contributed by atoms with van der Waals surface area (Å²) < 4.78 is 5.61. The molecule has 1 aromatic heterocycles. The lowest BCUT2D eigenvalue weighted by atomic mass is 9.96. The van der Waals surface area contributed by atoms with Crippen molar-refractivity contribution in [2.75, 3.05) is 13.7 Å². The van der Waals surface area contributed by atoms with Crippen molar-refractivity contribution in [3.05, 3.63) is 21.3 Å². The van der Waals surface area contributed by atoms with E-state index in [-0.39, 0.29) is 0 Å². The molecule has 1 fully saturated rings. The van der Waals surface area contributed by atoms with Gasteiger partial charge in [0, 0.05) is 16.8 Å². The Balaban J connectivity index is 2.14.